The third-order valence-electron chi connectivity index (χ3n) is 2.08. The first-order valence-corrected chi connectivity index (χ1v) is 5.06. The molecule has 1 unspecified atom stereocenters. The summed E-state index contributed by atoms with van der Waals surface area (Å²) in [6.07, 6.45) is 0. The van der Waals surface area contributed by atoms with Crippen molar-refractivity contribution < 1.29 is 9.50 Å². The van der Waals surface area contributed by atoms with Gasteiger partial charge in [-0.1, -0.05) is 17.7 Å². The van der Waals surface area contributed by atoms with Crippen molar-refractivity contribution in [2.24, 2.45) is 5.73 Å². The van der Waals surface area contributed by atoms with E-state index in [9.17, 15) is 4.39 Å². The van der Waals surface area contributed by atoms with Crippen LogP contribution < -0.4 is 11.1 Å². The highest BCUT2D eigenvalue weighted by molar-refractivity contribution is 6.30. The number of hydrogen-bond acceptors (Lipinski definition) is 3. The maximum Gasteiger partial charge on any atom is 0.129 e. The smallest absolute Gasteiger partial charge is 0.129 e. The van der Waals surface area contributed by atoms with Crippen molar-refractivity contribution in [1.29, 1.82) is 0 Å². The first-order chi connectivity index (χ1) is 7.19. The van der Waals surface area contributed by atoms with Crippen LogP contribution in [-0.4, -0.2) is 24.8 Å². The van der Waals surface area contributed by atoms with Gasteiger partial charge >= 0.3 is 0 Å². The fourth-order valence-electron chi connectivity index (χ4n) is 1.34. The van der Waals surface area contributed by atoms with Gasteiger partial charge in [-0.25, -0.2) is 4.39 Å². The van der Waals surface area contributed by atoms with Gasteiger partial charge in [0.1, 0.15) is 5.82 Å². The normalized spacial score (nSPS) is 12.8. The van der Waals surface area contributed by atoms with Gasteiger partial charge in [-0.15, -0.1) is 0 Å². The van der Waals surface area contributed by atoms with E-state index in [2.05, 4.69) is 5.32 Å². The highest BCUT2D eigenvalue weighted by atomic mass is 35.5. The molecule has 84 valence electrons. The molecule has 0 amide bonds. The monoisotopic (exact) mass is 232 g/mol. The van der Waals surface area contributed by atoms with Crippen LogP contribution in [0.15, 0.2) is 18.2 Å². The molecule has 0 heterocycles. The highest BCUT2D eigenvalue weighted by Crippen LogP contribution is 2.20. The van der Waals surface area contributed by atoms with E-state index in [4.69, 9.17) is 22.4 Å². The molecule has 5 heteroatoms. The zero-order chi connectivity index (χ0) is 11.3. The standard InChI is InChI=1S/C10H14ClFN2O/c11-7-1-2-8(9(12)5-7)10(6-13)14-3-4-15/h1-2,5,10,14-15H,3-4,6,13H2. The van der Waals surface area contributed by atoms with Gasteiger partial charge in [0.05, 0.1) is 6.61 Å². The maximum atomic E-state index is 13.5. The summed E-state index contributed by atoms with van der Waals surface area (Å²) in [5.74, 6) is -0.386. The summed E-state index contributed by atoms with van der Waals surface area (Å²) in [6, 6.07) is 4.16. The van der Waals surface area contributed by atoms with Crippen molar-refractivity contribution >= 4 is 11.6 Å². The van der Waals surface area contributed by atoms with Crippen LogP contribution >= 0.6 is 11.6 Å². The molecule has 0 spiro atoms. The minimum absolute atomic E-state index is 0.00823. The zero-order valence-electron chi connectivity index (χ0n) is 8.21. The number of rotatable bonds is 5. The van der Waals surface area contributed by atoms with E-state index in [0.29, 0.717) is 17.1 Å². The van der Waals surface area contributed by atoms with Gasteiger partial charge in [-0.05, 0) is 12.1 Å². The van der Waals surface area contributed by atoms with E-state index in [1.807, 2.05) is 0 Å². The average molecular weight is 233 g/mol. The minimum atomic E-state index is -0.386. The van der Waals surface area contributed by atoms with Crippen molar-refractivity contribution in [2.45, 2.75) is 6.04 Å². The third kappa shape index (κ3) is 3.43. The zero-order valence-corrected chi connectivity index (χ0v) is 8.97. The summed E-state index contributed by atoms with van der Waals surface area (Å²) < 4.78 is 13.5. The lowest BCUT2D eigenvalue weighted by atomic mass is 10.1. The summed E-state index contributed by atoms with van der Waals surface area (Å²) in [5, 5.41) is 11.9. The van der Waals surface area contributed by atoms with Gasteiger partial charge in [0.25, 0.3) is 0 Å². The van der Waals surface area contributed by atoms with E-state index in [-0.39, 0.29) is 25.0 Å². The Balaban J connectivity index is 2.81. The number of hydrogen-bond donors (Lipinski definition) is 3. The Kier molecular flexibility index (Phi) is 4.98. The van der Waals surface area contributed by atoms with Crippen LogP contribution in [0.1, 0.15) is 11.6 Å². The Hall–Kier alpha value is -0.680. The average Bonchev–Trinajstić information content (AvgIpc) is 2.21. The lowest BCUT2D eigenvalue weighted by Crippen LogP contribution is -2.31. The van der Waals surface area contributed by atoms with Crippen LogP contribution in [0.2, 0.25) is 5.02 Å². The van der Waals surface area contributed by atoms with E-state index >= 15 is 0 Å². The Morgan fingerprint density at radius 3 is 2.80 bits per heavy atom. The summed E-state index contributed by atoms with van der Waals surface area (Å²) in [7, 11) is 0. The number of halogens is 2. The van der Waals surface area contributed by atoms with Crippen LogP contribution in [0, 0.1) is 5.82 Å². The molecular weight excluding hydrogens is 219 g/mol. The molecule has 1 aromatic rings. The SMILES string of the molecule is NCC(NCCO)c1ccc(Cl)cc1F. The summed E-state index contributed by atoms with van der Waals surface area (Å²) >= 11 is 5.64. The Labute approximate surface area is 93.0 Å². The molecule has 0 aliphatic carbocycles. The van der Waals surface area contributed by atoms with Crippen molar-refractivity contribution in [2.75, 3.05) is 19.7 Å². The second kappa shape index (κ2) is 6.02. The second-order valence-electron chi connectivity index (χ2n) is 3.13. The number of nitrogens with one attached hydrogen (secondary N) is 1. The quantitative estimate of drug-likeness (QED) is 0.712. The van der Waals surface area contributed by atoms with Crippen LogP contribution in [0.5, 0.6) is 0 Å². The summed E-state index contributed by atoms with van der Waals surface area (Å²) in [6.45, 7) is 0.633. The first-order valence-electron chi connectivity index (χ1n) is 4.68. The lowest BCUT2D eigenvalue weighted by Gasteiger charge is -2.17. The molecule has 0 saturated heterocycles. The molecule has 4 N–H and O–H groups in total. The fourth-order valence-corrected chi connectivity index (χ4v) is 1.50. The second-order valence-corrected chi connectivity index (χ2v) is 3.57. The van der Waals surface area contributed by atoms with Crippen molar-refractivity contribution in [1.82, 2.24) is 5.32 Å². The molecule has 0 saturated carbocycles. The van der Waals surface area contributed by atoms with E-state index in [1.165, 1.54) is 6.07 Å². The van der Waals surface area contributed by atoms with Crippen molar-refractivity contribution in [3.8, 4) is 0 Å². The van der Waals surface area contributed by atoms with Gasteiger partial charge in [0, 0.05) is 29.7 Å². The predicted octanol–water partition coefficient (Wildman–Crippen LogP) is 1.06. The van der Waals surface area contributed by atoms with Crippen LogP contribution in [-0.2, 0) is 0 Å². The first kappa shape index (κ1) is 12.4. The Morgan fingerprint density at radius 1 is 1.53 bits per heavy atom. The third-order valence-corrected chi connectivity index (χ3v) is 2.31. The topological polar surface area (TPSA) is 58.3 Å². The molecular formula is C10H14ClFN2O. The molecule has 1 aromatic carbocycles. The van der Waals surface area contributed by atoms with E-state index in [1.54, 1.807) is 12.1 Å². The van der Waals surface area contributed by atoms with E-state index in [0.717, 1.165) is 0 Å². The molecule has 1 rings (SSSR count). The Morgan fingerprint density at radius 2 is 2.27 bits per heavy atom. The van der Waals surface area contributed by atoms with Crippen molar-refractivity contribution in [3.63, 3.8) is 0 Å². The van der Waals surface area contributed by atoms with Crippen LogP contribution in [0.25, 0.3) is 0 Å². The maximum absolute atomic E-state index is 13.5. The van der Waals surface area contributed by atoms with E-state index < -0.39 is 0 Å². The molecule has 1 atom stereocenters. The molecule has 0 aliphatic heterocycles. The van der Waals surface area contributed by atoms with Gasteiger partial charge in [-0.2, -0.15) is 0 Å². The van der Waals surface area contributed by atoms with Gasteiger partial charge < -0.3 is 16.2 Å². The Bertz CT molecular complexity index is 322. The summed E-state index contributed by atoms with van der Waals surface area (Å²) in [4.78, 5) is 0. The number of aliphatic hydroxyl groups is 1. The molecule has 0 radical (unpaired) electrons. The molecule has 0 bridgehead atoms. The molecule has 0 fully saturated rings. The van der Waals surface area contributed by atoms with Crippen LogP contribution in [0.4, 0.5) is 4.39 Å². The summed E-state index contributed by atoms with van der Waals surface area (Å²) in [5.41, 5.74) is 5.98. The van der Waals surface area contributed by atoms with Crippen molar-refractivity contribution in [3.05, 3.63) is 34.6 Å². The molecule has 0 aromatic heterocycles. The van der Waals surface area contributed by atoms with Gasteiger partial charge in [0.2, 0.25) is 0 Å². The van der Waals surface area contributed by atoms with Gasteiger partial charge in [0.15, 0.2) is 0 Å². The molecule has 15 heavy (non-hydrogen) atoms. The predicted molar refractivity (Wildman–Crippen MR) is 58.3 cm³/mol. The largest absolute Gasteiger partial charge is 0.395 e. The molecule has 3 nitrogen and oxygen atoms in total. The van der Waals surface area contributed by atoms with Crippen LogP contribution in [0.3, 0.4) is 0 Å². The number of nitrogens with two attached hydrogens (primary N) is 1. The minimum Gasteiger partial charge on any atom is -0.395 e. The number of aliphatic hydroxyl groups excluding tert-OH is 1. The molecule has 0 aliphatic rings. The van der Waals surface area contributed by atoms with Gasteiger partial charge in [-0.3, -0.25) is 0 Å². The fraction of sp³-hybridized carbons (Fsp3) is 0.400. The highest BCUT2D eigenvalue weighted by Gasteiger charge is 2.13. The lowest BCUT2D eigenvalue weighted by molar-refractivity contribution is 0.284. The number of benzene rings is 1.